The van der Waals surface area contributed by atoms with E-state index in [1.165, 1.54) is 34.4 Å². The van der Waals surface area contributed by atoms with E-state index in [-0.39, 0.29) is 34.4 Å². The molecule has 1 atom stereocenters. The largest absolute Gasteiger partial charge is 0.496 e. The predicted octanol–water partition coefficient (Wildman–Crippen LogP) is 11.4. The summed E-state index contributed by atoms with van der Waals surface area (Å²) in [5.74, 6) is 1.69. The number of rotatable bonds is 18. The van der Waals surface area contributed by atoms with E-state index in [9.17, 15) is 28.4 Å². The van der Waals surface area contributed by atoms with Crippen LogP contribution in [0.15, 0.2) is 108 Å². The van der Waals surface area contributed by atoms with Gasteiger partial charge in [0.1, 0.15) is 28.6 Å². The van der Waals surface area contributed by atoms with Crippen molar-refractivity contribution in [3.63, 3.8) is 0 Å². The maximum absolute atomic E-state index is 14.2. The quantitative estimate of drug-likeness (QED) is 0.0469. The summed E-state index contributed by atoms with van der Waals surface area (Å²) in [4.78, 5) is 40.7. The lowest BCUT2D eigenvalue weighted by molar-refractivity contribution is -0.384. The van der Waals surface area contributed by atoms with Gasteiger partial charge in [0.25, 0.3) is 21.6 Å². The van der Waals surface area contributed by atoms with Crippen molar-refractivity contribution in [3.05, 3.63) is 141 Å². The Morgan fingerprint density at radius 1 is 0.923 bits per heavy atom. The van der Waals surface area contributed by atoms with E-state index in [4.69, 9.17) is 9.47 Å². The van der Waals surface area contributed by atoms with Crippen LogP contribution < -0.4 is 24.4 Å². The van der Waals surface area contributed by atoms with E-state index in [2.05, 4.69) is 105 Å². The molecule has 2 saturated carbocycles. The van der Waals surface area contributed by atoms with E-state index in [0.29, 0.717) is 48.7 Å². The summed E-state index contributed by atoms with van der Waals surface area (Å²) in [6.45, 7) is 16.8. The van der Waals surface area contributed by atoms with E-state index in [1.54, 1.807) is 37.7 Å². The average molecular weight is 1080 g/mol. The third kappa shape index (κ3) is 12.2. The standard InChI is InChI=1S/C61H76N8O8S/c1-40(2)29-44-12-11-43(30-56(44)76-6)38-66-27-28-68(55(39-66)51-10-8-7-9-50(51)41(3)4)47-34-61(35-47)22-25-67(26-23-61)46-13-15-52(57(32-46)77-48-31-45-19-24-62-58(45)64-37-48)59(70)65-78(74,75)49-14-16-53(54(33-49)69(72)73)63-36-42-17-20-60(5,71)21-18-42/h7-16,19,24,30-33,37,40-42,47,55,63,71H,17-18,20-23,25-29,34-36,38-39H2,1-6H3,(H,62,64)(H,65,70)/t42?,55-,60?/m0/s1. The van der Waals surface area contributed by atoms with Gasteiger partial charge in [0.2, 0.25) is 0 Å². The first-order valence-electron chi connectivity index (χ1n) is 27.9. The molecule has 4 aliphatic rings. The van der Waals surface area contributed by atoms with E-state index < -0.39 is 37.0 Å². The minimum absolute atomic E-state index is 0.0287. The van der Waals surface area contributed by atoms with Gasteiger partial charge >= 0.3 is 0 Å². The molecule has 0 unspecified atom stereocenters. The molecular formula is C61H76N8O8S. The molecule has 4 N–H and O–H groups in total. The molecular weight excluding hydrogens is 1000 g/mol. The monoisotopic (exact) mass is 1080 g/mol. The van der Waals surface area contributed by atoms with Gasteiger partial charge in [-0.05, 0) is 153 Å². The minimum atomic E-state index is -4.59. The lowest BCUT2D eigenvalue weighted by Gasteiger charge is -2.58. The van der Waals surface area contributed by atoms with Crippen molar-refractivity contribution in [1.29, 1.82) is 0 Å². The molecule has 2 aromatic heterocycles. The Hall–Kier alpha value is -6.53. The summed E-state index contributed by atoms with van der Waals surface area (Å²) in [7, 11) is -2.82. The normalized spacial score (nSPS) is 21.2. The van der Waals surface area contributed by atoms with Gasteiger partial charge in [0, 0.05) is 87.3 Å². The van der Waals surface area contributed by atoms with Crippen LogP contribution in [0.5, 0.6) is 17.2 Å². The molecule has 1 amide bonds. The number of hydrogen-bond donors (Lipinski definition) is 4. The van der Waals surface area contributed by atoms with E-state index in [0.717, 1.165) is 107 Å². The first kappa shape index (κ1) is 54.8. The summed E-state index contributed by atoms with van der Waals surface area (Å²) in [5, 5.41) is 26.5. The highest BCUT2D eigenvalue weighted by atomic mass is 32.2. The topological polar surface area (TPSA) is 195 Å². The molecule has 17 heteroatoms. The summed E-state index contributed by atoms with van der Waals surface area (Å²) in [6.07, 6.45) is 11.4. The smallest absolute Gasteiger partial charge is 0.293 e. The minimum Gasteiger partial charge on any atom is -0.496 e. The van der Waals surface area contributed by atoms with Crippen LogP contribution in [0.3, 0.4) is 0 Å². The molecule has 2 aliphatic carbocycles. The van der Waals surface area contributed by atoms with Gasteiger partial charge in [0.05, 0.1) is 34.3 Å². The number of aromatic amines is 1. The molecule has 4 aromatic carbocycles. The molecule has 2 saturated heterocycles. The number of carbonyl (C=O) groups is 1. The van der Waals surface area contributed by atoms with Crippen LogP contribution in [0.25, 0.3) is 11.0 Å². The highest BCUT2D eigenvalue weighted by Gasteiger charge is 2.50. The third-order valence-electron chi connectivity index (χ3n) is 17.1. The van der Waals surface area contributed by atoms with Gasteiger partial charge in [-0.2, -0.15) is 0 Å². The molecule has 78 heavy (non-hydrogen) atoms. The van der Waals surface area contributed by atoms with Gasteiger partial charge in [-0.3, -0.25) is 24.7 Å². The number of sulfonamides is 1. The fourth-order valence-corrected chi connectivity index (χ4v) is 13.7. The Kier molecular flexibility index (Phi) is 15.9. The number of nitro benzene ring substituents is 1. The average Bonchev–Trinajstić information content (AvgIpc) is 3.93. The van der Waals surface area contributed by atoms with Crippen LogP contribution >= 0.6 is 0 Å². The molecule has 2 aliphatic heterocycles. The van der Waals surface area contributed by atoms with Crippen LogP contribution in [0, 0.1) is 27.4 Å². The van der Waals surface area contributed by atoms with Crippen LogP contribution in [0.1, 0.15) is 131 Å². The fraction of sp³-hybridized carbons (Fsp3) is 0.475. The Morgan fingerprint density at radius 2 is 1.69 bits per heavy atom. The lowest BCUT2D eigenvalue weighted by Crippen LogP contribution is -2.60. The summed E-state index contributed by atoms with van der Waals surface area (Å²) in [6, 6.07) is 29.0. The molecule has 0 bridgehead atoms. The number of ether oxygens (including phenoxy) is 2. The fourth-order valence-electron chi connectivity index (χ4n) is 12.7. The molecule has 16 nitrogen and oxygen atoms in total. The number of anilines is 2. The number of aliphatic hydroxyl groups is 1. The van der Waals surface area contributed by atoms with Crippen LogP contribution in [0.4, 0.5) is 17.1 Å². The maximum atomic E-state index is 14.2. The number of piperazine rings is 1. The van der Waals surface area contributed by atoms with Crippen molar-refractivity contribution in [3.8, 4) is 17.2 Å². The summed E-state index contributed by atoms with van der Waals surface area (Å²) < 4.78 is 42.2. The molecule has 414 valence electrons. The Morgan fingerprint density at radius 3 is 2.42 bits per heavy atom. The zero-order valence-electron chi connectivity index (χ0n) is 46.0. The number of piperidine rings is 1. The molecule has 10 rings (SSSR count). The number of methoxy groups -OCH3 is 1. The van der Waals surface area contributed by atoms with Crippen molar-refractivity contribution >= 4 is 44.0 Å². The first-order chi connectivity index (χ1) is 37.3. The van der Waals surface area contributed by atoms with Crippen molar-refractivity contribution in [1.82, 2.24) is 24.5 Å². The van der Waals surface area contributed by atoms with Crippen molar-refractivity contribution in [2.75, 3.05) is 56.6 Å². The predicted molar refractivity (Wildman–Crippen MR) is 305 cm³/mol. The summed E-state index contributed by atoms with van der Waals surface area (Å²) >= 11 is 0. The molecule has 4 heterocycles. The zero-order valence-corrected chi connectivity index (χ0v) is 46.8. The number of nitrogens with one attached hydrogen (secondary N) is 3. The molecule has 0 radical (unpaired) electrons. The number of pyridine rings is 1. The number of benzene rings is 4. The molecule has 4 fully saturated rings. The number of fused-ring (bicyclic) bond motifs is 1. The maximum Gasteiger partial charge on any atom is 0.293 e. The van der Waals surface area contributed by atoms with Crippen molar-refractivity contribution < 1.29 is 32.7 Å². The number of nitrogens with zero attached hydrogens (tertiary/aromatic N) is 5. The summed E-state index contributed by atoms with van der Waals surface area (Å²) in [5.41, 5.74) is 6.12. The number of nitro groups is 1. The third-order valence-corrected chi connectivity index (χ3v) is 18.5. The number of hydrogen-bond acceptors (Lipinski definition) is 13. The number of aromatic nitrogens is 2. The zero-order chi connectivity index (χ0) is 54.9. The van der Waals surface area contributed by atoms with Crippen LogP contribution in [-0.2, 0) is 23.0 Å². The second-order valence-electron chi connectivity index (χ2n) is 23.6. The van der Waals surface area contributed by atoms with Gasteiger partial charge in [0.15, 0.2) is 0 Å². The second kappa shape index (κ2) is 22.7. The van der Waals surface area contributed by atoms with E-state index in [1.807, 2.05) is 19.1 Å². The van der Waals surface area contributed by atoms with Gasteiger partial charge in [-0.1, -0.05) is 64.1 Å². The highest BCUT2D eigenvalue weighted by Crippen LogP contribution is 2.53. The van der Waals surface area contributed by atoms with Crippen LogP contribution in [0.2, 0.25) is 0 Å². The van der Waals surface area contributed by atoms with Crippen molar-refractivity contribution in [2.24, 2.45) is 17.3 Å². The van der Waals surface area contributed by atoms with Gasteiger partial charge < -0.3 is 29.8 Å². The van der Waals surface area contributed by atoms with Crippen molar-refractivity contribution in [2.45, 2.75) is 127 Å². The second-order valence-corrected chi connectivity index (χ2v) is 25.3. The van der Waals surface area contributed by atoms with E-state index >= 15 is 0 Å². The Balaban J connectivity index is 0.827. The van der Waals surface area contributed by atoms with Crippen LogP contribution in [-0.4, -0.2) is 102 Å². The lowest BCUT2D eigenvalue weighted by atomic mass is 9.59. The van der Waals surface area contributed by atoms with Gasteiger partial charge in [-0.25, -0.2) is 18.1 Å². The Labute approximate surface area is 459 Å². The number of amides is 1. The van der Waals surface area contributed by atoms with Gasteiger partial charge in [-0.15, -0.1) is 0 Å². The number of H-pyrrole nitrogens is 1. The number of carbonyl (C=O) groups excluding carboxylic acids is 1. The molecule has 1 spiro atoms. The first-order valence-corrected chi connectivity index (χ1v) is 29.4. The highest BCUT2D eigenvalue weighted by molar-refractivity contribution is 7.90. The Bertz CT molecular complexity index is 3240. The SMILES string of the molecule is COc1cc(CN2CCN(C3CC4(CCN(c5ccc(C(=O)NS(=O)(=O)c6ccc(NCC7CCC(C)(O)CC7)c([N+](=O)[O-])c6)c(Oc6cnc7[nH]ccc7c6)c5)CC4)C3)[C@H](c3ccccc3C(C)C)C2)ccc1CC(C)C. The molecule has 6 aromatic rings.